The van der Waals surface area contributed by atoms with Crippen LogP contribution in [0.4, 0.5) is 0 Å². The van der Waals surface area contributed by atoms with Crippen molar-refractivity contribution >= 4 is 17.5 Å². The number of ketones is 2. The van der Waals surface area contributed by atoms with Crippen molar-refractivity contribution in [3.8, 4) is 34.1 Å². The number of aliphatic hydroxyl groups is 2. The molecule has 2 aromatic rings. The minimum Gasteiger partial charge on any atom is -0.504 e. The van der Waals surface area contributed by atoms with Crippen LogP contribution >= 0.6 is 0 Å². The number of aromatic carboxylic acids is 1. The van der Waals surface area contributed by atoms with Gasteiger partial charge in [0.15, 0.2) is 34.5 Å². The number of fused-ring (bicyclic) bond motifs is 1. The highest BCUT2D eigenvalue weighted by Crippen LogP contribution is 2.44. The van der Waals surface area contributed by atoms with E-state index in [2.05, 4.69) is 0 Å². The largest absolute Gasteiger partial charge is 0.504 e. The number of rotatable bonds is 5. The van der Waals surface area contributed by atoms with Crippen LogP contribution in [0.25, 0.3) is 11.1 Å². The molecule has 5 rings (SSSR count). The monoisotopic (exact) mass is 553 g/mol. The molecule has 12 heteroatoms. The van der Waals surface area contributed by atoms with E-state index in [9.17, 15) is 45.0 Å². The zero-order chi connectivity index (χ0) is 29.0. The number of phenols is 3. The Kier molecular flexibility index (Phi) is 6.58. The molecular formula is C28H27NO11. The number of phenolic OH excluding ortho intramolecular Hbond substituents is 3. The van der Waals surface area contributed by atoms with Crippen molar-refractivity contribution in [3.63, 3.8) is 0 Å². The molecule has 3 aliphatic rings. The molecular weight excluding hydrogens is 526 g/mol. The average molecular weight is 554 g/mol. The van der Waals surface area contributed by atoms with E-state index in [0.29, 0.717) is 0 Å². The normalized spacial score (nSPS) is 24.3. The molecule has 1 saturated carbocycles. The van der Waals surface area contributed by atoms with E-state index < -0.39 is 64.9 Å². The second-order valence-electron chi connectivity index (χ2n) is 10.2. The molecule has 1 aliphatic heterocycles. The highest BCUT2D eigenvalue weighted by Gasteiger charge is 2.50. The quantitative estimate of drug-likeness (QED) is 0.234. The molecule has 0 radical (unpaired) electrons. The molecule has 0 spiro atoms. The Morgan fingerprint density at radius 3 is 2.42 bits per heavy atom. The van der Waals surface area contributed by atoms with Crippen LogP contribution < -0.4 is 4.74 Å². The zero-order valence-electron chi connectivity index (χ0n) is 21.4. The lowest BCUT2D eigenvalue weighted by molar-refractivity contribution is -0.137. The van der Waals surface area contributed by atoms with Gasteiger partial charge in [-0.25, -0.2) is 4.79 Å². The molecule has 4 atom stereocenters. The van der Waals surface area contributed by atoms with Crippen molar-refractivity contribution in [3.05, 3.63) is 59.2 Å². The number of Topliss-reactive ketones (excluding diaryl/α,β-unsaturated/α-hetero) is 1. The summed E-state index contributed by atoms with van der Waals surface area (Å²) in [6.07, 6.45) is -2.04. The number of hydrogen-bond donors (Lipinski definition) is 6. The van der Waals surface area contributed by atoms with Gasteiger partial charge in [0.25, 0.3) is 0 Å². The van der Waals surface area contributed by atoms with Gasteiger partial charge in [-0.3, -0.25) is 9.59 Å². The fourth-order valence-corrected chi connectivity index (χ4v) is 5.44. The number of nitrogens with zero attached hydrogens (tertiary/aromatic N) is 1. The highest BCUT2D eigenvalue weighted by atomic mass is 16.5. The molecule has 0 aromatic heterocycles. The van der Waals surface area contributed by atoms with Gasteiger partial charge in [0.1, 0.15) is 17.9 Å². The van der Waals surface area contributed by atoms with Gasteiger partial charge in [-0.15, -0.1) is 0 Å². The number of carboxylic acids is 1. The first-order valence-electron chi connectivity index (χ1n) is 12.5. The molecule has 1 fully saturated rings. The van der Waals surface area contributed by atoms with E-state index in [-0.39, 0.29) is 52.8 Å². The van der Waals surface area contributed by atoms with Gasteiger partial charge in [0.2, 0.25) is 11.6 Å². The Balaban J connectivity index is 1.49. The predicted octanol–water partition coefficient (Wildman–Crippen LogP) is 2.35. The minimum atomic E-state index is -1.32. The number of ether oxygens (including phenoxy) is 2. The summed E-state index contributed by atoms with van der Waals surface area (Å²) >= 11 is 0. The third kappa shape index (κ3) is 4.45. The Hall–Kier alpha value is -4.71. The van der Waals surface area contributed by atoms with E-state index in [4.69, 9.17) is 9.47 Å². The number of carbonyl (C=O) groups is 3. The molecule has 4 unspecified atom stereocenters. The summed E-state index contributed by atoms with van der Waals surface area (Å²) in [5, 5.41) is 61.2. The summed E-state index contributed by atoms with van der Waals surface area (Å²) in [4.78, 5) is 38.9. The second-order valence-corrected chi connectivity index (χ2v) is 10.2. The number of carboxylic acid groups (broad SMARTS) is 1. The van der Waals surface area contributed by atoms with Crippen LogP contribution in [0.2, 0.25) is 0 Å². The molecule has 0 saturated heterocycles. The number of aromatic hydroxyl groups is 3. The van der Waals surface area contributed by atoms with Crippen molar-refractivity contribution in [1.82, 2.24) is 4.90 Å². The second kappa shape index (κ2) is 9.79. The number of aliphatic hydroxyl groups excluding tert-OH is 2. The number of allylic oxidation sites excluding steroid dienone is 1. The number of carbonyl (C=O) groups excluding carboxylic acids is 2. The Morgan fingerprint density at radius 1 is 1.05 bits per heavy atom. The van der Waals surface area contributed by atoms with E-state index in [1.807, 2.05) is 0 Å². The Labute approximate surface area is 227 Å². The zero-order valence-corrected chi connectivity index (χ0v) is 21.4. The maximum atomic E-state index is 12.8. The first kappa shape index (κ1) is 26.9. The summed E-state index contributed by atoms with van der Waals surface area (Å²) in [7, 11) is 0. The fourth-order valence-electron chi connectivity index (χ4n) is 5.44. The van der Waals surface area contributed by atoms with Gasteiger partial charge in [0, 0.05) is 30.5 Å². The van der Waals surface area contributed by atoms with Crippen LogP contribution in [0.3, 0.4) is 0 Å². The van der Waals surface area contributed by atoms with Gasteiger partial charge in [-0.05, 0) is 43.7 Å². The van der Waals surface area contributed by atoms with Crippen LogP contribution in [0.5, 0.6) is 23.0 Å². The summed E-state index contributed by atoms with van der Waals surface area (Å²) < 4.78 is 11.9. The van der Waals surface area contributed by atoms with Crippen LogP contribution in [-0.2, 0) is 14.3 Å². The lowest BCUT2D eigenvalue weighted by Crippen LogP contribution is -2.60. The van der Waals surface area contributed by atoms with Crippen molar-refractivity contribution in [2.75, 3.05) is 0 Å². The maximum absolute atomic E-state index is 12.8. The van der Waals surface area contributed by atoms with Gasteiger partial charge in [0.05, 0.1) is 17.7 Å². The lowest BCUT2D eigenvalue weighted by atomic mass is 9.83. The van der Waals surface area contributed by atoms with Crippen molar-refractivity contribution in [2.45, 2.75) is 57.1 Å². The smallest absolute Gasteiger partial charge is 0.335 e. The van der Waals surface area contributed by atoms with E-state index in [0.717, 1.165) is 18.2 Å². The van der Waals surface area contributed by atoms with Gasteiger partial charge in [-0.1, -0.05) is 6.07 Å². The van der Waals surface area contributed by atoms with E-state index >= 15 is 0 Å². The van der Waals surface area contributed by atoms with Crippen LogP contribution in [0.15, 0.2) is 53.6 Å². The Bertz CT molecular complexity index is 1490. The Morgan fingerprint density at radius 2 is 1.77 bits per heavy atom. The number of benzene rings is 2. The summed E-state index contributed by atoms with van der Waals surface area (Å²) in [5.41, 5.74) is -0.113. The predicted molar refractivity (Wildman–Crippen MR) is 137 cm³/mol. The van der Waals surface area contributed by atoms with Gasteiger partial charge in [-0.2, -0.15) is 0 Å². The SMILES string of the molecule is CC(C)N1C2=C(OC3CC(Oc4cc(C(=O)O)cc(-c5ccc(O)c(O)c5)c4O)C(O)CC31)C(=O)C=C(O)C2=O. The molecule has 40 heavy (non-hydrogen) atoms. The maximum Gasteiger partial charge on any atom is 0.335 e. The number of hydrogen-bond acceptors (Lipinski definition) is 11. The fraction of sp³-hybridized carbons (Fsp3) is 0.321. The van der Waals surface area contributed by atoms with Gasteiger partial charge >= 0.3 is 5.97 Å². The molecule has 2 aliphatic carbocycles. The molecule has 210 valence electrons. The third-order valence-electron chi connectivity index (χ3n) is 7.29. The van der Waals surface area contributed by atoms with E-state index in [1.54, 1.807) is 18.7 Å². The summed E-state index contributed by atoms with van der Waals surface area (Å²) in [6.45, 7) is 3.60. The third-order valence-corrected chi connectivity index (χ3v) is 7.29. The van der Waals surface area contributed by atoms with Crippen LogP contribution in [-0.4, -0.2) is 83.5 Å². The minimum absolute atomic E-state index is 0.000909. The molecule has 0 amide bonds. The van der Waals surface area contributed by atoms with Crippen LogP contribution in [0, 0.1) is 0 Å². The topological polar surface area (TPSA) is 194 Å². The molecule has 1 heterocycles. The highest BCUT2D eigenvalue weighted by molar-refractivity contribution is 6.20. The van der Waals surface area contributed by atoms with Crippen LogP contribution in [0.1, 0.15) is 37.0 Å². The first-order valence-corrected chi connectivity index (χ1v) is 12.5. The summed E-state index contributed by atoms with van der Waals surface area (Å²) in [5.74, 6) is -5.25. The molecule has 2 aromatic carbocycles. The first-order chi connectivity index (χ1) is 18.9. The molecule has 12 nitrogen and oxygen atoms in total. The summed E-state index contributed by atoms with van der Waals surface area (Å²) in [6, 6.07) is 5.13. The van der Waals surface area contributed by atoms with Gasteiger partial charge < -0.3 is 45.0 Å². The van der Waals surface area contributed by atoms with Crippen molar-refractivity contribution in [1.29, 1.82) is 0 Å². The standard InChI is InChI=1S/C28H27NO11/c1-11(2)29-15-8-18(32)22(10-21(15)40-27-20(34)9-19(33)26(36)24(27)29)39-23-7-13(28(37)38)5-14(25(23)35)12-3-4-16(30)17(31)6-12/h3-7,9,11,15,18,21-22,30-33,35H,8,10H2,1-2H3,(H,37,38). The average Bonchev–Trinajstić information content (AvgIpc) is 2.89. The van der Waals surface area contributed by atoms with Crippen molar-refractivity contribution in [2.24, 2.45) is 0 Å². The van der Waals surface area contributed by atoms with E-state index in [1.165, 1.54) is 18.2 Å². The lowest BCUT2D eigenvalue weighted by Gasteiger charge is -2.50. The molecule has 0 bridgehead atoms. The van der Waals surface area contributed by atoms with Crippen molar-refractivity contribution < 1.29 is 54.5 Å². The molecule has 6 N–H and O–H groups in total.